The number of hydrogen-bond donors (Lipinski definition) is 2. The predicted molar refractivity (Wildman–Crippen MR) is 189 cm³/mol. The van der Waals surface area contributed by atoms with E-state index in [4.69, 9.17) is 0 Å². The van der Waals surface area contributed by atoms with Crippen molar-refractivity contribution in [2.24, 2.45) is 5.92 Å². The molecule has 5 aromatic carbocycles. The van der Waals surface area contributed by atoms with Gasteiger partial charge < -0.3 is 10.4 Å². The van der Waals surface area contributed by atoms with E-state index in [-0.39, 0.29) is 35.1 Å². The van der Waals surface area contributed by atoms with Crippen LogP contribution in [0, 0.1) is 5.92 Å². The fourth-order valence-corrected chi connectivity index (χ4v) is 11.0. The van der Waals surface area contributed by atoms with Crippen LogP contribution in [0.5, 0.6) is 0 Å². The van der Waals surface area contributed by atoms with Gasteiger partial charge in [-0.1, -0.05) is 85.9 Å². The van der Waals surface area contributed by atoms with E-state index in [0.717, 1.165) is 11.4 Å². The second-order valence-electron chi connectivity index (χ2n) is 11.8. The first-order chi connectivity index (χ1) is 22.1. The number of allylic oxidation sites excluding steroid dienone is 3. The van der Waals surface area contributed by atoms with Gasteiger partial charge in [0.1, 0.15) is 5.76 Å². The second-order valence-corrected chi connectivity index (χ2v) is 17.3. The van der Waals surface area contributed by atoms with Gasteiger partial charge in [0, 0.05) is 25.9 Å². The average molecular weight is 681 g/mol. The van der Waals surface area contributed by atoms with Gasteiger partial charge in [-0.3, -0.25) is 0 Å². The molecule has 2 aliphatic carbocycles. The number of fused-ring (bicyclic) bond motifs is 3. The molecule has 0 aliphatic heterocycles. The molecule has 5 aromatic rings. The maximum absolute atomic E-state index is 10.8. The molecule has 1 unspecified atom stereocenters. The third-order valence-electron chi connectivity index (χ3n) is 8.49. The third-order valence-corrected chi connectivity index (χ3v) is 13.4. The molecule has 222 valence electrons. The Balaban J connectivity index is 0.000000200. The third kappa shape index (κ3) is 7.35. The molecule has 0 fully saturated rings. The van der Waals surface area contributed by atoms with Crippen LogP contribution in [0.1, 0.15) is 28.2 Å². The standard InChI is InChI=1S/C27H25NOSi.2C7H7.Zr/c1-30(2)27-23(16-17-24(29)26(27)28-18-10-4-3-5-11-18)25-21-14-8-6-12-19(21)20-13-7-9-15-22(20)25;2*1-7-5-3-2-4-6-7;/h3-17,23,25,28-29H,1-2H3;2*2-6H,1H2;. The molecule has 0 heterocycles. The Labute approximate surface area is 281 Å². The fourth-order valence-electron chi connectivity index (χ4n) is 6.46. The van der Waals surface area contributed by atoms with Crippen molar-refractivity contribution in [1.29, 1.82) is 0 Å². The van der Waals surface area contributed by atoms with Crippen molar-refractivity contribution in [1.82, 2.24) is 0 Å². The molecule has 0 saturated heterocycles. The summed E-state index contributed by atoms with van der Waals surface area (Å²) in [5.74, 6) is 0.820. The molecule has 45 heavy (non-hydrogen) atoms. The van der Waals surface area contributed by atoms with Gasteiger partial charge in [-0.25, -0.2) is 0 Å². The molecule has 0 radical (unpaired) electrons. The first kappa shape index (κ1) is 31.1. The zero-order valence-corrected chi connectivity index (χ0v) is 29.4. The summed E-state index contributed by atoms with van der Waals surface area (Å²) >= 11 is -0.258. The molecule has 1 atom stereocenters. The summed E-state index contributed by atoms with van der Waals surface area (Å²) in [4.78, 5) is 0. The van der Waals surface area contributed by atoms with Crippen molar-refractivity contribution >= 4 is 19.3 Å². The van der Waals surface area contributed by atoms with Crippen LogP contribution >= 0.6 is 0 Å². The molecule has 0 spiro atoms. The van der Waals surface area contributed by atoms with E-state index in [1.165, 1.54) is 46.8 Å². The molecule has 0 saturated carbocycles. The Hall–Kier alpha value is -3.85. The van der Waals surface area contributed by atoms with Crippen LogP contribution in [-0.2, 0) is 31.5 Å². The molecule has 2 aliphatic rings. The van der Waals surface area contributed by atoms with E-state index in [1.807, 2.05) is 36.4 Å². The number of anilines is 1. The van der Waals surface area contributed by atoms with Crippen molar-refractivity contribution in [3.63, 3.8) is 0 Å². The van der Waals surface area contributed by atoms with Gasteiger partial charge in [0.15, 0.2) is 0 Å². The summed E-state index contributed by atoms with van der Waals surface area (Å²) in [6.45, 7) is 4.64. The van der Waals surface area contributed by atoms with Gasteiger partial charge in [0.25, 0.3) is 0 Å². The summed E-state index contributed by atoms with van der Waals surface area (Å²) in [6, 6.07) is 49.4. The Bertz CT molecular complexity index is 1740. The van der Waals surface area contributed by atoms with Crippen LogP contribution in [0.15, 0.2) is 163 Å². The molecule has 0 amide bonds. The van der Waals surface area contributed by atoms with E-state index in [0.29, 0.717) is 5.76 Å². The quantitative estimate of drug-likeness (QED) is 0.168. The van der Waals surface area contributed by atoms with Gasteiger partial charge in [0.2, 0.25) is 0 Å². The molecule has 0 aromatic heterocycles. The van der Waals surface area contributed by atoms with E-state index >= 15 is 0 Å². The van der Waals surface area contributed by atoms with Crippen molar-refractivity contribution in [2.45, 2.75) is 27.3 Å². The molecule has 4 heteroatoms. The number of aliphatic hydroxyl groups excluding tert-OH is 1. The fraction of sp³-hybridized carbons (Fsp3) is 0.146. The van der Waals surface area contributed by atoms with Crippen LogP contribution in [0.25, 0.3) is 11.1 Å². The minimum atomic E-state index is -0.838. The van der Waals surface area contributed by atoms with Gasteiger partial charge in [0.05, 0.1) is 5.70 Å². The Kier molecular flexibility index (Phi) is 10.4. The maximum atomic E-state index is 10.8. The Morgan fingerprint density at radius 1 is 0.622 bits per heavy atom. The summed E-state index contributed by atoms with van der Waals surface area (Å²) in [5, 5.41) is 15.7. The molecular formula is C41H39NOSiZr. The van der Waals surface area contributed by atoms with Crippen LogP contribution in [0.2, 0.25) is 13.1 Å². The van der Waals surface area contributed by atoms with Crippen LogP contribution in [-0.4, -0.2) is 18.7 Å². The van der Waals surface area contributed by atoms with E-state index < -0.39 is 8.41 Å². The number of hydrogen-bond acceptors (Lipinski definition) is 2. The first-order valence-corrected chi connectivity index (χ1v) is 21.7. The number of para-hydroxylation sites is 1. The summed E-state index contributed by atoms with van der Waals surface area (Å²) in [7, 11) is -0.838. The van der Waals surface area contributed by atoms with Crippen LogP contribution in [0.4, 0.5) is 5.69 Å². The van der Waals surface area contributed by atoms with E-state index in [2.05, 4.69) is 134 Å². The molecular weight excluding hydrogens is 642 g/mol. The first-order valence-electron chi connectivity index (χ1n) is 15.7. The molecule has 7 rings (SSSR count). The topological polar surface area (TPSA) is 32.3 Å². The minimum absolute atomic E-state index is 0.223. The van der Waals surface area contributed by atoms with Gasteiger partial charge in [-0.05, 0) is 45.6 Å². The Morgan fingerprint density at radius 3 is 1.60 bits per heavy atom. The molecule has 2 nitrogen and oxygen atoms in total. The van der Waals surface area contributed by atoms with E-state index in [9.17, 15) is 5.11 Å². The normalized spacial score (nSPS) is 15.1. The number of aliphatic hydroxyl groups is 1. The summed E-state index contributed by atoms with van der Waals surface area (Å²) in [6.07, 6.45) is 4.09. The second kappa shape index (κ2) is 15.0. The SMILES string of the molecule is C[Si](C)=C1C(Nc2ccccc2)=C(O)C=CC1C1c2ccccc2-c2ccccc21.c1ccc([CH2][Zr][CH2]c2ccccc2)cc1. The van der Waals surface area contributed by atoms with Crippen molar-refractivity contribution in [3.8, 4) is 11.1 Å². The molecule has 0 bridgehead atoms. The van der Waals surface area contributed by atoms with E-state index in [1.54, 1.807) is 0 Å². The van der Waals surface area contributed by atoms with Gasteiger partial charge >= 0.3 is 103 Å². The average Bonchev–Trinajstić information content (AvgIpc) is 3.41. The summed E-state index contributed by atoms with van der Waals surface area (Å²) < 4.78 is 2.69. The number of benzene rings is 5. The van der Waals surface area contributed by atoms with Crippen LogP contribution < -0.4 is 5.32 Å². The van der Waals surface area contributed by atoms with Crippen molar-refractivity contribution < 1.29 is 28.3 Å². The predicted octanol–water partition coefficient (Wildman–Crippen LogP) is 9.84. The molecule has 2 N–H and O–H groups in total. The van der Waals surface area contributed by atoms with Gasteiger partial charge in [-0.2, -0.15) is 0 Å². The van der Waals surface area contributed by atoms with Crippen LogP contribution in [0.3, 0.4) is 0 Å². The zero-order chi connectivity index (χ0) is 31.0. The number of nitrogens with one attached hydrogen (secondary N) is 1. The monoisotopic (exact) mass is 679 g/mol. The van der Waals surface area contributed by atoms with Crippen molar-refractivity contribution in [2.75, 3.05) is 5.32 Å². The van der Waals surface area contributed by atoms with Gasteiger partial charge in [-0.15, -0.1) is 0 Å². The Morgan fingerprint density at radius 2 is 1.09 bits per heavy atom. The number of rotatable bonds is 7. The summed E-state index contributed by atoms with van der Waals surface area (Å²) in [5.41, 5.74) is 10.4. The zero-order valence-electron chi connectivity index (χ0n) is 25.9. The van der Waals surface area contributed by atoms with Crippen molar-refractivity contribution in [3.05, 3.63) is 185 Å².